The molecule has 1 aromatic heterocycles. The van der Waals surface area contributed by atoms with Gasteiger partial charge in [0.05, 0.1) is 0 Å². The summed E-state index contributed by atoms with van der Waals surface area (Å²) in [6.45, 7) is 1.82. The molecule has 1 amide bonds. The molecule has 1 aromatic carbocycles. The van der Waals surface area contributed by atoms with Crippen LogP contribution in [0.3, 0.4) is 0 Å². The number of carbonyl (C=O) groups is 1. The molecule has 20 heavy (non-hydrogen) atoms. The third-order valence-electron chi connectivity index (χ3n) is 3.16. The highest BCUT2D eigenvalue weighted by Crippen LogP contribution is 2.09. The van der Waals surface area contributed by atoms with Crippen LogP contribution < -0.4 is 16.6 Å². The first-order valence-electron chi connectivity index (χ1n) is 6.06. The van der Waals surface area contributed by atoms with Gasteiger partial charge in [-0.25, -0.2) is 4.79 Å². The van der Waals surface area contributed by atoms with Gasteiger partial charge in [-0.05, 0) is 18.6 Å². The van der Waals surface area contributed by atoms with Gasteiger partial charge in [0.15, 0.2) is 0 Å². The first kappa shape index (κ1) is 13.8. The third-order valence-corrected chi connectivity index (χ3v) is 3.16. The third kappa shape index (κ3) is 2.40. The molecule has 0 saturated carbocycles. The number of aromatic nitrogens is 2. The second kappa shape index (κ2) is 5.16. The molecule has 104 valence electrons. The zero-order chi connectivity index (χ0) is 14.9. The molecular weight excluding hydrogens is 258 g/mol. The fourth-order valence-electron chi connectivity index (χ4n) is 1.86. The number of carbonyl (C=O) groups excluding carboxylic acids is 1. The van der Waals surface area contributed by atoms with Crippen molar-refractivity contribution in [2.24, 2.45) is 14.1 Å². The summed E-state index contributed by atoms with van der Waals surface area (Å²) in [6.07, 6.45) is 0. The molecule has 0 spiro atoms. The van der Waals surface area contributed by atoms with E-state index in [1.54, 1.807) is 12.1 Å². The molecule has 0 radical (unpaired) electrons. The SMILES string of the molecule is Cc1ccccc1C(=O)Nc1cc(=O)n(C)c(=O)n1C. The van der Waals surface area contributed by atoms with Crippen LogP contribution in [0, 0.1) is 6.92 Å². The quantitative estimate of drug-likeness (QED) is 0.873. The summed E-state index contributed by atoms with van der Waals surface area (Å²) in [5.74, 6) is -0.183. The zero-order valence-corrected chi connectivity index (χ0v) is 11.5. The molecule has 0 aliphatic rings. The molecule has 1 N–H and O–H groups in total. The Labute approximate surface area is 115 Å². The van der Waals surface area contributed by atoms with Crippen molar-refractivity contribution in [1.82, 2.24) is 9.13 Å². The molecule has 0 saturated heterocycles. The number of nitrogens with one attached hydrogen (secondary N) is 1. The summed E-state index contributed by atoms with van der Waals surface area (Å²) in [5, 5.41) is 2.59. The van der Waals surface area contributed by atoms with Gasteiger partial charge in [0.1, 0.15) is 5.82 Å². The van der Waals surface area contributed by atoms with Crippen LogP contribution in [0.5, 0.6) is 0 Å². The Hall–Kier alpha value is -2.63. The summed E-state index contributed by atoms with van der Waals surface area (Å²) >= 11 is 0. The van der Waals surface area contributed by atoms with Gasteiger partial charge in [-0.15, -0.1) is 0 Å². The van der Waals surface area contributed by atoms with Gasteiger partial charge in [-0.1, -0.05) is 18.2 Å². The van der Waals surface area contributed by atoms with Crippen molar-refractivity contribution in [3.63, 3.8) is 0 Å². The molecule has 0 aliphatic heterocycles. The number of rotatable bonds is 2. The van der Waals surface area contributed by atoms with Crippen LogP contribution in [0.4, 0.5) is 5.82 Å². The van der Waals surface area contributed by atoms with Crippen molar-refractivity contribution < 1.29 is 4.79 Å². The van der Waals surface area contributed by atoms with E-state index in [2.05, 4.69) is 5.32 Å². The highest BCUT2D eigenvalue weighted by atomic mass is 16.2. The monoisotopic (exact) mass is 273 g/mol. The van der Waals surface area contributed by atoms with E-state index in [-0.39, 0.29) is 11.7 Å². The fraction of sp³-hybridized carbons (Fsp3) is 0.214. The summed E-state index contributed by atoms with van der Waals surface area (Å²) in [7, 11) is 2.88. The molecule has 0 unspecified atom stereocenters. The maximum Gasteiger partial charge on any atom is 0.332 e. The summed E-state index contributed by atoms with van der Waals surface area (Å²) in [6, 6.07) is 8.31. The van der Waals surface area contributed by atoms with Crippen LogP contribution >= 0.6 is 0 Å². The Kier molecular flexibility index (Phi) is 3.56. The van der Waals surface area contributed by atoms with Crippen LogP contribution in [0.25, 0.3) is 0 Å². The Morgan fingerprint density at radius 1 is 1.10 bits per heavy atom. The van der Waals surface area contributed by atoms with Crippen molar-refractivity contribution in [3.8, 4) is 0 Å². The molecule has 0 bridgehead atoms. The summed E-state index contributed by atoms with van der Waals surface area (Å²) < 4.78 is 2.20. The van der Waals surface area contributed by atoms with Gasteiger partial charge in [0, 0.05) is 25.7 Å². The molecule has 2 aromatic rings. The van der Waals surface area contributed by atoms with Crippen LogP contribution in [0.15, 0.2) is 39.9 Å². The Morgan fingerprint density at radius 3 is 2.40 bits per heavy atom. The molecule has 6 heteroatoms. The van der Waals surface area contributed by atoms with Crippen molar-refractivity contribution >= 4 is 11.7 Å². The summed E-state index contributed by atoms with van der Waals surface area (Å²) in [5.41, 5.74) is 0.366. The fourth-order valence-corrected chi connectivity index (χ4v) is 1.86. The molecule has 0 aliphatic carbocycles. The largest absolute Gasteiger partial charge is 0.332 e. The first-order chi connectivity index (χ1) is 9.41. The predicted molar refractivity (Wildman–Crippen MR) is 76.1 cm³/mol. The number of nitrogens with zero attached hydrogens (tertiary/aromatic N) is 2. The highest BCUT2D eigenvalue weighted by Gasteiger charge is 2.12. The number of hydrogen-bond donors (Lipinski definition) is 1. The maximum atomic E-state index is 12.2. The van der Waals surface area contributed by atoms with E-state index in [9.17, 15) is 14.4 Å². The number of anilines is 1. The van der Waals surface area contributed by atoms with Crippen LogP contribution in [-0.2, 0) is 14.1 Å². The minimum atomic E-state index is -0.488. The van der Waals surface area contributed by atoms with E-state index in [0.717, 1.165) is 10.1 Å². The molecule has 6 nitrogen and oxygen atoms in total. The van der Waals surface area contributed by atoms with Gasteiger partial charge in [0.25, 0.3) is 11.5 Å². The number of benzene rings is 1. The van der Waals surface area contributed by atoms with E-state index < -0.39 is 11.2 Å². The van der Waals surface area contributed by atoms with Gasteiger partial charge < -0.3 is 5.32 Å². The zero-order valence-electron chi connectivity index (χ0n) is 11.5. The summed E-state index contributed by atoms with van der Waals surface area (Å²) in [4.78, 5) is 35.5. The Morgan fingerprint density at radius 2 is 1.75 bits per heavy atom. The van der Waals surface area contributed by atoms with E-state index in [1.807, 2.05) is 19.1 Å². The topological polar surface area (TPSA) is 73.1 Å². The number of aryl methyl sites for hydroxylation is 1. The maximum absolute atomic E-state index is 12.2. The van der Waals surface area contributed by atoms with E-state index in [4.69, 9.17) is 0 Å². The number of hydrogen-bond acceptors (Lipinski definition) is 3. The molecule has 0 atom stereocenters. The molecule has 0 fully saturated rings. The minimum Gasteiger partial charge on any atom is -0.308 e. The Bertz CT molecular complexity index is 787. The van der Waals surface area contributed by atoms with Crippen molar-refractivity contribution in [2.45, 2.75) is 6.92 Å². The second-order valence-corrected chi connectivity index (χ2v) is 4.54. The lowest BCUT2D eigenvalue weighted by molar-refractivity contribution is 0.102. The van der Waals surface area contributed by atoms with Gasteiger partial charge in [0.2, 0.25) is 0 Å². The van der Waals surface area contributed by atoms with E-state index in [0.29, 0.717) is 5.56 Å². The lowest BCUT2D eigenvalue weighted by Crippen LogP contribution is -2.38. The van der Waals surface area contributed by atoms with Crippen LogP contribution in [0.1, 0.15) is 15.9 Å². The highest BCUT2D eigenvalue weighted by molar-refractivity contribution is 6.04. The van der Waals surface area contributed by atoms with Crippen LogP contribution in [0.2, 0.25) is 0 Å². The number of amides is 1. The predicted octanol–water partition coefficient (Wildman–Crippen LogP) is 0.645. The van der Waals surface area contributed by atoms with Crippen molar-refractivity contribution in [1.29, 1.82) is 0 Å². The van der Waals surface area contributed by atoms with E-state index in [1.165, 1.54) is 24.7 Å². The normalized spacial score (nSPS) is 10.3. The lowest BCUT2D eigenvalue weighted by Gasteiger charge is -2.11. The smallest absolute Gasteiger partial charge is 0.308 e. The average molecular weight is 273 g/mol. The van der Waals surface area contributed by atoms with Gasteiger partial charge in [-0.3, -0.25) is 18.7 Å². The molecular formula is C14H15N3O3. The van der Waals surface area contributed by atoms with Gasteiger partial charge >= 0.3 is 5.69 Å². The van der Waals surface area contributed by atoms with Crippen molar-refractivity contribution in [3.05, 3.63) is 62.3 Å². The minimum absolute atomic E-state index is 0.173. The van der Waals surface area contributed by atoms with E-state index >= 15 is 0 Å². The standard InChI is InChI=1S/C14H15N3O3/c1-9-6-4-5-7-10(9)13(19)15-11-8-12(18)17(3)14(20)16(11)2/h4-8H,1-3H3,(H,15,19). The average Bonchev–Trinajstić information content (AvgIpc) is 2.42. The van der Waals surface area contributed by atoms with Crippen molar-refractivity contribution in [2.75, 3.05) is 5.32 Å². The first-order valence-corrected chi connectivity index (χ1v) is 6.06. The Balaban J connectivity index is 2.42. The molecule has 1 heterocycles. The van der Waals surface area contributed by atoms with Gasteiger partial charge in [-0.2, -0.15) is 0 Å². The second-order valence-electron chi connectivity index (χ2n) is 4.54. The van der Waals surface area contributed by atoms with Crippen LogP contribution in [-0.4, -0.2) is 15.0 Å². The molecule has 2 rings (SSSR count). The lowest BCUT2D eigenvalue weighted by atomic mass is 10.1.